The second kappa shape index (κ2) is 19.2. The van der Waals surface area contributed by atoms with Crippen molar-refractivity contribution in [1.82, 2.24) is 10.9 Å². The van der Waals surface area contributed by atoms with E-state index in [-0.39, 0.29) is 39.7 Å². The number of hydrogen-bond donors (Lipinski definition) is 4. The lowest BCUT2D eigenvalue weighted by Gasteiger charge is -2.24. The maximum atomic E-state index is 13.5. The van der Waals surface area contributed by atoms with Gasteiger partial charge in [-0.1, -0.05) is 11.6 Å². The first-order valence-corrected chi connectivity index (χ1v) is 16.6. The lowest BCUT2D eigenvalue weighted by molar-refractivity contribution is -0.159. The predicted molar refractivity (Wildman–Crippen MR) is 196 cm³/mol. The number of rotatable bonds is 14. The first kappa shape index (κ1) is 42.3. The van der Waals surface area contributed by atoms with Crippen LogP contribution in [0.4, 0.5) is 5.69 Å². The molecule has 57 heavy (non-hydrogen) atoms. The van der Waals surface area contributed by atoms with Gasteiger partial charge >= 0.3 is 29.8 Å². The third kappa shape index (κ3) is 11.5. The van der Waals surface area contributed by atoms with Crippen molar-refractivity contribution in [3.05, 3.63) is 112 Å². The molecule has 0 fully saturated rings. The number of methoxy groups -OCH3 is 2. The summed E-state index contributed by atoms with van der Waals surface area (Å²) in [5.74, 6) is -9.27. The number of hydrazine groups is 1. The van der Waals surface area contributed by atoms with Crippen LogP contribution in [0.15, 0.2) is 84.9 Å². The molecule has 0 spiro atoms. The molecule has 4 aromatic carbocycles. The van der Waals surface area contributed by atoms with E-state index in [1.54, 1.807) is 0 Å². The zero-order valence-electron chi connectivity index (χ0n) is 30.3. The predicted octanol–water partition coefficient (Wildman–Crippen LogP) is 3.76. The highest BCUT2D eigenvalue weighted by Crippen LogP contribution is 2.30. The van der Waals surface area contributed by atoms with E-state index in [0.717, 1.165) is 38.1 Å². The Hall–Kier alpha value is -7.47. The van der Waals surface area contributed by atoms with Crippen LogP contribution in [0, 0.1) is 0 Å². The van der Waals surface area contributed by atoms with Crippen LogP contribution in [-0.2, 0) is 28.7 Å². The minimum absolute atomic E-state index is 0.0411. The molecule has 0 heterocycles. The number of amides is 3. The van der Waals surface area contributed by atoms with Crippen LogP contribution in [0.1, 0.15) is 55.3 Å². The summed E-state index contributed by atoms with van der Waals surface area (Å²) in [5.41, 5.74) is 3.94. The van der Waals surface area contributed by atoms with Gasteiger partial charge in [0.25, 0.3) is 17.7 Å². The number of esters is 4. The van der Waals surface area contributed by atoms with E-state index >= 15 is 0 Å². The summed E-state index contributed by atoms with van der Waals surface area (Å²) in [6.45, 7) is 2.25. The number of carboxylic acids is 1. The zero-order valence-corrected chi connectivity index (χ0v) is 31.0. The SMILES string of the molecule is COc1cc(C(=O)O[C@H](C(=O)O)[C@H](OC(=O)c2ccc(OC(C)=O)c(OC)c2)C(=O)NNC(=O)c2ccc(NC(=O)c3ccc(Cl)cc3)cc2)ccc1OC(C)=O. The number of aliphatic carboxylic acids is 1. The molecule has 0 aliphatic heterocycles. The van der Waals surface area contributed by atoms with Crippen molar-refractivity contribution in [2.24, 2.45) is 0 Å². The first-order chi connectivity index (χ1) is 27.1. The van der Waals surface area contributed by atoms with Gasteiger partial charge in [0, 0.05) is 35.7 Å². The molecule has 0 aromatic heterocycles. The third-order valence-corrected chi connectivity index (χ3v) is 7.61. The number of anilines is 1. The number of hydrogen-bond acceptors (Lipinski definition) is 14. The Morgan fingerprint density at radius 1 is 0.561 bits per heavy atom. The molecule has 3 amide bonds. The number of halogens is 1. The van der Waals surface area contributed by atoms with Crippen molar-refractivity contribution in [3.63, 3.8) is 0 Å². The van der Waals surface area contributed by atoms with Crippen molar-refractivity contribution < 1.29 is 71.9 Å². The van der Waals surface area contributed by atoms with Crippen LogP contribution in [-0.4, -0.2) is 79.1 Å². The number of nitrogens with one attached hydrogen (secondary N) is 3. The van der Waals surface area contributed by atoms with E-state index in [4.69, 9.17) is 40.0 Å². The lowest BCUT2D eigenvalue weighted by Crippen LogP contribution is -2.54. The van der Waals surface area contributed by atoms with Gasteiger partial charge in [0.2, 0.25) is 12.2 Å². The van der Waals surface area contributed by atoms with Crippen molar-refractivity contribution >= 4 is 64.9 Å². The average molecular weight is 806 g/mol. The Morgan fingerprint density at radius 2 is 1.00 bits per heavy atom. The number of carboxylic acid groups (broad SMARTS) is 1. The Bertz CT molecular complexity index is 2210. The van der Waals surface area contributed by atoms with Crippen molar-refractivity contribution in [1.29, 1.82) is 0 Å². The molecule has 0 aliphatic rings. The summed E-state index contributed by atoms with van der Waals surface area (Å²) in [7, 11) is 2.41. The Labute approximate surface area is 327 Å². The van der Waals surface area contributed by atoms with Crippen molar-refractivity contribution in [2.75, 3.05) is 19.5 Å². The maximum Gasteiger partial charge on any atom is 0.349 e. The summed E-state index contributed by atoms with van der Waals surface area (Å²) < 4.78 is 30.7. The van der Waals surface area contributed by atoms with Crippen LogP contribution in [0.5, 0.6) is 23.0 Å². The fraction of sp³-hybridized carbons (Fsp3) is 0.158. The van der Waals surface area contributed by atoms with E-state index in [9.17, 15) is 43.5 Å². The number of ether oxygens (including phenoxy) is 6. The molecule has 18 nitrogen and oxygen atoms in total. The van der Waals surface area contributed by atoms with Gasteiger partial charge in [0.15, 0.2) is 23.0 Å². The number of benzene rings is 4. The Kier molecular flexibility index (Phi) is 14.3. The second-order valence-electron chi connectivity index (χ2n) is 11.4. The highest BCUT2D eigenvalue weighted by atomic mass is 35.5. The highest BCUT2D eigenvalue weighted by molar-refractivity contribution is 6.30. The normalized spacial score (nSPS) is 11.4. The quantitative estimate of drug-likeness (QED) is 0.0805. The van der Waals surface area contributed by atoms with E-state index in [2.05, 4.69) is 10.7 Å². The molecule has 19 heteroatoms. The molecule has 0 unspecified atom stereocenters. The van der Waals surface area contributed by atoms with Gasteiger partial charge in [-0.05, 0) is 84.9 Å². The molecule has 0 radical (unpaired) electrons. The third-order valence-electron chi connectivity index (χ3n) is 7.36. The number of carbonyl (C=O) groups excluding carboxylic acids is 7. The van der Waals surface area contributed by atoms with E-state index in [1.807, 2.05) is 5.43 Å². The molecule has 4 rings (SSSR count). The van der Waals surface area contributed by atoms with Crippen LogP contribution in [0.2, 0.25) is 5.02 Å². The monoisotopic (exact) mass is 805 g/mol. The lowest BCUT2D eigenvalue weighted by atomic mass is 10.1. The highest BCUT2D eigenvalue weighted by Gasteiger charge is 2.41. The van der Waals surface area contributed by atoms with Gasteiger partial charge in [-0.3, -0.25) is 34.8 Å². The van der Waals surface area contributed by atoms with Gasteiger partial charge in [-0.2, -0.15) is 0 Å². The second-order valence-corrected chi connectivity index (χ2v) is 11.8. The first-order valence-electron chi connectivity index (χ1n) is 16.2. The molecule has 4 N–H and O–H groups in total. The molecule has 296 valence electrons. The van der Waals surface area contributed by atoms with Crippen molar-refractivity contribution in [2.45, 2.75) is 26.1 Å². The molecule has 2 atom stereocenters. The molecule has 0 bridgehead atoms. The average Bonchev–Trinajstić information content (AvgIpc) is 3.18. The standard InChI is InChI=1S/C38H32ClN3O15/c1-19(43)54-27-15-9-23(17-29(27)52-3)37(50)56-31(32(36(48)49)57-38(51)24-10-16-28(55-20(2)44)30(18-24)53-4)35(47)42-41-34(46)22-7-13-26(14-8-22)40-33(45)21-5-11-25(39)12-6-21/h5-18,31-32H,1-4H3,(H,40,45)(H,41,46)(H,42,47)(H,48,49)/t31-,32-/m0/s1. The molecule has 0 saturated carbocycles. The summed E-state index contributed by atoms with van der Waals surface area (Å²) in [6, 6.07) is 18.2. The van der Waals surface area contributed by atoms with Gasteiger partial charge in [0.05, 0.1) is 25.3 Å². The van der Waals surface area contributed by atoms with E-state index < -0.39 is 59.8 Å². The fourth-order valence-corrected chi connectivity index (χ4v) is 4.83. The molecular formula is C38H32ClN3O15. The van der Waals surface area contributed by atoms with Crippen LogP contribution < -0.4 is 35.1 Å². The zero-order chi connectivity index (χ0) is 41.8. The molecule has 0 saturated heterocycles. The van der Waals surface area contributed by atoms with E-state index in [1.165, 1.54) is 74.9 Å². The van der Waals surface area contributed by atoms with Gasteiger partial charge in [0.1, 0.15) is 0 Å². The summed E-state index contributed by atoms with van der Waals surface area (Å²) in [6.07, 6.45) is -5.01. The minimum atomic E-state index is -2.54. The van der Waals surface area contributed by atoms with Gasteiger partial charge in [-0.15, -0.1) is 0 Å². The Balaban J connectivity index is 1.56. The summed E-state index contributed by atoms with van der Waals surface area (Å²) in [4.78, 5) is 101. The van der Waals surface area contributed by atoms with Gasteiger partial charge < -0.3 is 38.8 Å². The van der Waals surface area contributed by atoms with Gasteiger partial charge in [-0.25, -0.2) is 14.4 Å². The maximum absolute atomic E-state index is 13.5. The van der Waals surface area contributed by atoms with Crippen molar-refractivity contribution in [3.8, 4) is 23.0 Å². The van der Waals surface area contributed by atoms with E-state index in [0.29, 0.717) is 16.3 Å². The Morgan fingerprint density at radius 3 is 1.46 bits per heavy atom. The van der Waals surface area contributed by atoms with Crippen LogP contribution in [0.3, 0.4) is 0 Å². The smallest absolute Gasteiger partial charge is 0.349 e. The molecule has 0 aliphatic carbocycles. The summed E-state index contributed by atoms with van der Waals surface area (Å²) >= 11 is 5.86. The number of carbonyl (C=O) groups is 8. The molecular weight excluding hydrogens is 774 g/mol. The summed E-state index contributed by atoms with van der Waals surface area (Å²) in [5, 5.41) is 13.2. The largest absolute Gasteiger partial charge is 0.493 e. The van der Waals surface area contributed by atoms with Crippen LogP contribution >= 0.6 is 11.6 Å². The minimum Gasteiger partial charge on any atom is -0.493 e. The topological polar surface area (TPSA) is 248 Å². The molecule has 4 aromatic rings. The fourth-order valence-electron chi connectivity index (χ4n) is 4.70. The van der Waals surface area contributed by atoms with Crippen LogP contribution in [0.25, 0.3) is 0 Å².